The number of carbonyl (C=O) groups is 2. The Labute approximate surface area is 111 Å². The standard InChI is InChI=1S/C13H18N2O4/c1-3-15(7-8-16)13(19)14-11-6-4-5-10(9(11)2)12(17)18/h4-6,16H,3,7-8H2,1-2H3,(H,14,19)(H,17,18). The van der Waals surface area contributed by atoms with Gasteiger partial charge < -0.3 is 20.4 Å². The summed E-state index contributed by atoms with van der Waals surface area (Å²) in [6, 6.07) is 4.35. The Kier molecular flexibility index (Phi) is 5.32. The number of aromatic carboxylic acids is 1. The van der Waals surface area contributed by atoms with Crippen molar-refractivity contribution in [3.63, 3.8) is 0 Å². The molecule has 1 aromatic rings. The number of likely N-dealkylation sites (N-methyl/N-ethyl adjacent to an activating group) is 1. The maximum absolute atomic E-state index is 11.9. The summed E-state index contributed by atoms with van der Waals surface area (Å²) >= 11 is 0. The highest BCUT2D eigenvalue weighted by molar-refractivity contribution is 5.95. The van der Waals surface area contributed by atoms with Gasteiger partial charge in [-0.25, -0.2) is 9.59 Å². The van der Waals surface area contributed by atoms with Gasteiger partial charge in [0.05, 0.1) is 12.2 Å². The molecule has 0 unspecified atom stereocenters. The molecule has 1 aromatic carbocycles. The van der Waals surface area contributed by atoms with E-state index < -0.39 is 5.97 Å². The van der Waals surface area contributed by atoms with Gasteiger partial charge in [-0.2, -0.15) is 0 Å². The van der Waals surface area contributed by atoms with Crippen molar-refractivity contribution in [3.8, 4) is 0 Å². The Morgan fingerprint density at radius 3 is 2.58 bits per heavy atom. The van der Waals surface area contributed by atoms with Crippen LogP contribution in [0.25, 0.3) is 0 Å². The van der Waals surface area contributed by atoms with Crippen LogP contribution in [0.2, 0.25) is 0 Å². The van der Waals surface area contributed by atoms with E-state index in [0.29, 0.717) is 17.8 Å². The molecule has 6 heteroatoms. The van der Waals surface area contributed by atoms with Gasteiger partial charge in [-0.3, -0.25) is 0 Å². The molecule has 0 heterocycles. The number of benzene rings is 1. The molecule has 0 fully saturated rings. The predicted molar refractivity (Wildman–Crippen MR) is 71.5 cm³/mol. The lowest BCUT2D eigenvalue weighted by molar-refractivity contribution is 0.0696. The van der Waals surface area contributed by atoms with Crippen molar-refractivity contribution < 1.29 is 19.8 Å². The lowest BCUT2D eigenvalue weighted by atomic mass is 10.1. The van der Waals surface area contributed by atoms with Crippen LogP contribution in [-0.4, -0.2) is 46.8 Å². The summed E-state index contributed by atoms with van der Waals surface area (Å²) in [5, 5.41) is 20.5. The summed E-state index contributed by atoms with van der Waals surface area (Å²) in [6.07, 6.45) is 0. The Hall–Kier alpha value is -2.08. The van der Waals surface area contributed by atoms with E-state index in [4.69, 9.17) is 10.2 Å². The van der Waals surface area contributed by atoms with Gasteiger partial charge in [-0.05, 0) is 31.5 Å². The number of nitrogens with zero attached hydrogens (tertiary/aromatic N) is 1. The molecule has 104 valence electrons. The number of nitrogens with one attached hydrogen (secondary N) is 1. The third-order valence-electron chi connectivity index (χ3n) is 2.84. The second kappa shape index (κ2) is 6.75. The first-order valence-electron chi connectivity index (χ1n) is 6.01. The number of carbonyl (C=O) groups excluding carboxylic acids is 1. The minimum atomic E-state index is -1.03. The molecular formula is C13H18N2O4. The van der Waals surface area contributed by atoms with E-state index in [2.05, 4.69) is 5.32 Å². The van der Waals surface area contributed by atoms with E-state index in [-0.39, 0.29) is 24.7 Å². The maximum atomic E-state index is 11.9. The second-order valence-corrected chi connectivity index (χ2v) is 4.02. The zero-order chi connectivity index (χ0) is 14.4. The van der Waals surface area contributed by atoms with E-state index in [0.717, 1.165) is 0 Å². The van der Waals surface area contributed by atoms with Crippen LogP contribution in [-0.2, 0) is 0 Å². The minimum Gasteiger partial charge on any atom is -0.478 e. The molecule has 0 bridgehead atoms. The Morgan fingerprint density at radius 1 is 1.37 bits per heavy atom. The second-order valence-electron chi connectivity index (χ2n) is 4.02. The highest BCUT2D eigenvalue weighted by Crippen LogP contribution is 2.19. The fraction of sp³-hybridized carbons (Fsp3) is 0.385. The fourth-order valence-electron chi connectivity index (χ4n) is 1.72. The van der Waals surface area contributed by atoms with Crippen molar-refractivity contribution in [2.24, 2.45) is 0 Å². The summed E-state index contributed by atoms with van der Waals surface area (Å²) < 4.78 is 0. The molecule has 3 N–H and O–H groups in total. The number of hydrogen-bond donors (Lipinski definition) is 3. The Bertz CT molecular complexity index is 474. The summed E-state index contributed by atoms with van der Waals surface area (Å²) in [6.45, 7) is 4.02. The average molecular weight is 266 g/mol. The van der Waals surface area contributed by atoms with Crippen LogP contribution in [0.15, 0.2) is 18.2 Å². The number of amides is 2. The lowest BCUT2D eigenvalue weighted by Gasteiger charge is -2.21. The highest BCUT2D eigenvalue weighted by atomic mass is 16.4. The van der Waals surface area contributed by atoms with E-state index in [1.807, 2.05) is 0 Å². The van der Waals surface area contributed by atoms with Crippen LogP contribution in [0.1, 0.15) is 22.8 Å². The number of rotatable bonds is 5. The molecule has 0 saturated carbocycles. The number of carboxylic acid groups (broad SMARTS) is 1. The van der Waals surface area contributed by atoms with Crippen molar-refractivity contribution in [2.75, 3.05) is 25.0 Å². The Morgan fingerprint density at radius 2 is 2.05 bits per heavy atom. The van der Waals surface area contributed by atoms with Crippen LogP contribution in [0.5, 0.6) is 0 Å². The predicted octanol–water partition coefficient (Wildman–Crippen LogP) is 1.54. The van der Waals surface area contributed by atoms with E-state index in [9.17, 15) is 9.59 Å². The largest absolute Gasteiger partial charge is 0.478 e. The molecule has 0 saturated heterocycles. The van der Waals surface area contributed by atoms with Crippen LogP contribution in [0, 0.1) is 6.92 Å². The molecule has 0 atom stereocenters. The molecule has 6 nitrogen and oxygen atoms in total. The number of urea groups is 1. The zero-order valence-corrected chi connectivity index (χ0v) is 11.0. The van der Waals surface area contributed by atoms with Crippen LogP contribution in [0.4, 0.5) is 10.5 Å². The van der Waals surface area contributed by atoms with E-state index in [1.165, 1.54) is 11.0 Å². The topological polar surface area (TPSA) is 89.9 Å². The lowest BCUT2D eigenvalue weighted by Crippen LogP contribution is -2.37. The van der Waals surface area contributed by atoms with E-state index >= 15 is 0 Å². The van der Waals surface area contributed by atoms with Crippen molar-refractivity contribution in [2.45, 2.75) is 13.8 Å². The van der Waals surface area contributed by atoms with Gasteiger partial charge in [0.1, 0.15) is 0 Å². The third kappa shape index (κ3) is 3.69. The zero-order valence-electron chi connectivity index (χ0n) is 11.0. The molecule has 0 radical (unpaired) electrons. The SMILES string of the molecule is CCN(CCO)C(=O)Nc1cccc(C(=O)O)c1C. The first-order chi connectivity index (χ1) is 9.01. The third-order valence-corrected chi connectivity index (χ3v) is 2.84. The van der Waals surface area contributed by atoms with Gasteiger partial charge in [-0.1, -0.05) is 6.07 Å². The minimum absolute atomic E-state index is 0.116. The molecule has 0 aliphatic heterocycles. The molecule has 0 spiro atoms. The summed E-state index contributed by atoms with van der Waals surface area (Å²) in [5.74, 6) is -1.03. The molecule has 0 aromatic heterocycles. The summed E-state index contributed by atoms with van der Waals surface area (Å²) in [7, 11) is 0. The smallest absolute Gasteiger partial charge is 0.336 e. The van der Waals surface area contributed by atoms with Crippen LogP contribution >= 0.6 is 0 Å². The van der Waals surface area contributed by atoms with Crippen molar-refractivity contribution in [1.82, 2.24) is 4.90 Å². The number of aliphatic hydroxyl groups is 1. The van der Waals surface area contributed by atoms with Gasteiger partial charge in [0.2, 0.25) is 0 Å². The maximum Gasteiger partial charge on any atom is 0.336 e. The molecule has 2 amide bonds. The molecular weight excluding hydrogens is 248 g/mol. The van der Waals surface area contributed by atoms with Gasteiger partial charge >= 0.3 is 12.0 Å². The van der Waals surface area contributed by atoms with Crippen molar-refractivity contribution in [3.05, 3.63) is 29.3 Å². The van der Waals surface area contributed by atoms with Crippen LogP contribution in [0.3, 0.4) is 0 Å². The van der Waals surface area contributed by atoms with Gasteiger partial charge in [0.25, 0.3) is 0 Å². The van der Waals surface area contributed by atoms with Crippen molar-refractivity contribution in [1.29, 1.82) is 0 Å². The first-order valence-corrected chi connectivity index (χ1v) is 6.01. The number of hydrogen-bond acceptors (Lipinski definition) is 3. The normalized spacial score (nSPS) is 10.1. The van der Waals surface area contributed by atoms with Crippen molar-refractivity contribution >= 4 is 17.7 Å². The van der Waals surface area contributed by atoms with Gasteiger partial charge in [0, 0.05) is 18.8 Å². The highest BCUT2D eigenvalue weighted by Gasteiger charge is 2.15. The first kappa shape index (κ1) is 15.0. The fourth-order valence-corrected chi connectivity index (χ4v) is 1.72. The number of carboxylic acids is 1. The van der Waals surface area contributed by atoms with Gasteiger partial charge in [-0.15, -0.1) is 0 Å². The average Bonchev–Trinajstić information content (AvgIpc) is 2.37. The quantitative estimate of drug-likeness (QED) is 0.754. The van der Waals surface area contributed by atoms with Crippen LogP contribution < -0.4 is 5.32 Å². The number of anilines is 1. The number of aliphatic hydroxyl groups excluding tert-OH is 1. The summed E-state index contributed by atoms with van der Waals surface area (Å²) in [4.78, 5) is 24.4. The monoisotopic (exact) mass is 266 g/mol. The summed E-state index contributed by atoms with van der Waals surface area (Å²) in [5.41, 5.74) is 1.12. The van der Waals surface area contributed by atoms with E-state index in [1.54, 1.807) is 26.0 Å². The van der Waals surface area contributed by atoms with Gasteiger partial charge in [0.15, 0.2) is 0 Å². The molecule has 0 aliphatic carbocycles. The molecule has 19 heavy (non-hydrogen) atoms. The Balaban J connectivity index is 2.90. The molecule has 0 aliphatic rings. The molecule has 1 rings (SSSR count).